The summed E-state index contributed by atoms with van der Waals surface area (Å²) in [4.78, 5) is 15.9. The van der Waals surface area contributed by atoms with E-state index in [0.717, 1.165) is 17.8 Å². The van der Waals surface area contributed by atoms with Crippen LogP contribution in [0.4, 0.5) is 5.69 Å². The van der Waals surface area contributed by atoms with E-state index in [1.165, 1.54) is 25.9 Å². The van der Waals surface area contributed by atoms with E-state index in [1.54, 1.807) is 19.0 Å². The second-order valence-electron chi connectivity index (χ2n) is 5.63. The monoisotopic (exact) mass is 275 g/mol. The summed E-state index contributed by atoms with van der Waals surface area (Å²) in [5, 5.41) is 3.57. The first-order valence-electron chi connectivity index (χ1n) is 7.40. The summed E-state index contributed by atoms with van der Waals surface area (Å²) in [7, 11) is 3.55. The number of carbonyl (C=O) groups is 1. The zero-order chi connectivity index (χ0) is 14.5. The zero-order valence-corrected chi connectivity index (χ0v) is 12.7. The molecule has 110 valence electrons. The van der Waals surface area contributed by atoms with Crippen molar-refractivity contribution in [2.45, 2.75) is 25.8 Å². The molecule has 0 radical (unpaired) electrons. The first kappa shape index (κ1) is 14.9. The molecule has 1 aromatic carbocycles. The van der Waals surface area contributed by atoms with Gasteiger partial charge < -0.3 is 15.1 Å². The molecular weight excluding hydrogens is 250 g/mol. The maximum Gasteiger partial charge on any atom is 0.253 e. The predicted molar refractivity (Wildman–Crippen MR) is 83.2 cm³/mol. The quantitative estimate of drug-likeness (QED) is 0.915. The van der Waals surface area contributed by atoms with Crippen molar-refractivity contribution in [1.82, 2.24) is 9.80 Å². The Balaban J connectivity index is 1.90. The van der Waals surface area contributed by atoms with Gasteiger partial charge in [-0.2, -0.15) is 0 Å². The molecule has 0 saturated carbocycles. The Morgan fingerprint density at radius 3 is 2.35 bits per heavy atom. The molecule has 2 rings (SSSR count). The largest absolute Gasteiger partial charge is 0.382 e. The molecule has 20 heavy (non-hydrogen) atoms. The highest BCUT2D eigenvalue weighted by Crippen LogP contribution is 2.17. The van der Waals surface area contributed by atoms with E-state index >= 15 is 0 Å². The van der Waals surface area contributed by atoms with E-state index in [0.29, 0.717) is 6.04 Å². The van der Waals surface area contributed by atoms with Gasteiger partial charge in [0.2, 0.25) is 0 Å². The van der Waals surface area contributed by atoms with Gasteiger partial charge in [0.1, 0.15) is 0 Å². The molecule has 4 heteroatoms. The van der Waals surface area contributed by atoms with Crippen molar-refractivity contribution in [1.29, 1.82) is 0 Å². The Morgan fingerprint density at radius 1 is 1.25 bits per heavy atom. The predicted octanol–water partition coefficient (Wildman–Crippen LogP) is 2.28. The van der Waals surface area contributed by atoms with Crippen molar-refractivity contribution < 1.29 is 4.79 Å². The number of likely N-dealkylation sites (tertiary alicyclic amines) is 1. The van der Waals surface area contributed by atoms with Crippen LogP contribution < -0.4 is 5.32 Å². The van der Waals surface area contributed by atoms with Gasteiger partial charge in [-0.3, -0.25) is 4.79 Å². The Bertz CT molecular complexity index is 434. The van der Waals surface area contributed by atoms with Gasteiger partial charge in [-0.25, -0.2) is 0 Å². The molecule has 1 fully saturated rings. The first-order valence-corrected chi connectivity index (χ1v) is 7.40. The van der Waals surface area contributed by atoms with Crippen molar-refractivity contribution in [3.05, 3.63) is 29.8 Å². The first-order chi connectivity index (χ1) is 9.60. The van der Waals surface area contributed by atoms with Crippen LogP contribution in [0.15, 0.2) is 24.3 Å². The molecule has 1 N–H and O–H groups in total. The Hall–Kier alpha value is -1.55. The topological polar surface area (TPSA) is 35.6 Å². The standard InChI is InChI=1S/C16H25N3O/c1-4-19-11-9-15(10-12-19)17-14-7-5-13(6-8-14)16(20)18(2)3/h5-8,15,17H,4,9-12H2,1-3H3. The van der Waals surface area contributed by atoms with Crippen LogP contribution in [0.1, 0.15) is 30.1 Å². The smallest absolute Gasteiger partial charge is 0.253 e. The molecule has 0 aliphatic carbocycles. The summed E-state index contributed by atoms with van der Waals surface area (Å²) >= 11 is 0. The van der Waals surface area contributed by atoms with Gasteiger partial charge in [-0.05, 0) is 43.7 Å². The van der Waals surface area contributed by atoms with Crippen molar-refractivity contribution in [3.63, 3.8) is 0 Å². The molecule has 1 aliphatic rings. The lowest BCUT2D eigenvalue weighted by Gasteiger charge is -2.32. The van der Waals surface area contributed by atoms with Gasteiger partial charge in [0.15, 0.2) is 0 Å². The van der Waals surface area contributed by atoms with E-state index in [1.807, 2.05) is 24.3 Å². The third kappa shape index (κ3) is 3.73. The number of nitrogens with zero attached hydrogens (tertiary/aromatic N) is 2. The van der Waals surface area contributed by atoms with E-state index in [-0.39, 0.29) is 5.91 Å². The summed E-state index contributed by atoms with van der Waals surface area (Å²) in [5.41, 5.74) is 1.84. The van der Waals surface area contributed by atoms with Gasteiger partial charge >= 0.3 is 0 Å². The number of nitrogens with one attached hydrogen (secondary N) is 1. The second-order valence-corrected chi connectivity index (χ2v) is 5.63. The number of anilines is 1. The molecular formula is C16H25N3O. The fourth-order valence-corrected chi connectivity index (χ4v) is 2.60. The van der Waals surface area contributed by atoms with Crippen LogP contribution in [0, 0.1) is 0 Å². The molecule has 0 aromatic heterocycles. The minimum Gasteiger partial charge on any atom is -0.382 e. The SMILES string of the molecule is CCN1CCC(Nc2ccc(C(=O)N(C)C)cc2)CC1. The lowest BCUT2D eigenvalue weighted by molar-refractivity contribution is 0.0827. The van der Waals surface area contributed by atoms with Gasteiger partial charge in [0.25, 0.3) is 5.91 Å². The Kier molecular flexibility index (Phi) is 5.01. The minimum absolute atomic E-state index is 0.0489. The van der Waals surface area contributed by atoms with E-state index in [4.69, 9.17) is 0 Å². The number of piperidine rings is 1. The van der Waals surface area contributed by atoms with Crippen LogP contribution in [0.5, 0.6) is 0 Å². The summed E-state index contributed by atoms with van der Waals surface area (Å²) in [6.45, 7) is 5.71. The molecule has 1 heterocycles. The highest BCUT2D eigenvalue weighted by molar-refractivity contribution is 5.94. The number of benzene rings is 1. The summed E-state index contributed by atoms with van der Waals surface area (Å²) in [6, 6.07) is 8.34. The van der Waals surface area contributed by atoms with Gasteiger partial charge in [-0.1, -0.05) is 6.92 Å². The fourth-order valence-electron chi connectivity index (χ4n) is 2.60. The van der Waals surface area contributed by atoms with Gasteiger partial charge in [-0.15, -0.1) is 0 Å². The second kappa shape index (κ2) is 6.75. The van der Waals surface area contributed by atoms with Crippen molar-refractivity contribution in [2.75, 3.05) is 39.0 Å². The molecule has 0 atom stereocenters. The molecule has 4 nitrogen and oxygen atoms in total. The number of hydrogen-bond donors (Lipinski definition) is 1. The normalized spacial score (nSPS) is 16.9. The van der Waals surface area contributed by atoms with Crippen LogP contribution in [-0.2, 0) is 0 Å². The number of amides is 1. The summed E-state index contributed by atoms with van der Waals surface area (Å²) in [5.74, 6) is 0.0489. The van der Waals surface area contributed by atoms with E-state index in [9.17, 15) is 4.79 Å². The number of rotatable bonds is 4. The third-order valence-corrected chi connectivity index (χ3v) is 3.94. The van der Waals surface area contributed by atoms with Crippen molar-refractivity contribution >= 4 is 11.6 Å². The average Bonchev–Trinajstić information content (AvgIpc) is 2.48. The Labute approximate surface area is 121 Å². The number of carbonyl (C=O) groups excluding carboxylic acids is 1. The summed E-state index contributed by atoms with van der Waals surface area (Å²) in [6.07, 6.45) is 2.37. The highest BCUT2D eigenvalue weighted by Gasteiger charge is 2.17. The molecule has 1 saturated heterocycles. The van der Waals surface area contributed by atoms with Crippen LogP contribution >= 0.6 is 0 Å². The molecule has 0 spiro atoms. The van der Waals surface area contributed by atoms with Gasteiger partial charge in [0.05, 0.1) is 0 Å². The van der Waals surface area contributed by atoms with E-state index in [2.05, 4.69) is 17.1 Å². The molecule has 1 aromatic rings. The van der Waals surface area contributed by atoms with Gasteiger partial charge in [0, 0.05) is 44.5 Å². The molecule has 1 amide bonds. The maximum absolute atomic E-state index is 11.8. The number of hydrogen-bond acceptors (Lipinski definition) is 3. The van der Waals surface area contributed by atoms with E-state index < -0.39 is 0 Å². The minimum atomic E-state index is 0.0489. The van der Waals surface area contributed by atoms with Crippen LogP contribution in [-0.4, -0.2) is 55.5 Å². The van der Waals surface area contributed by atoms with Crippen molar-refractivity contribution in [3.8, 4) is 0 Å². The van der Waals surface area contributed by atoms with Crippen LogP contribution in [0.3, 0.4) is 0 Å². The lowest BCUT2D eigenvalue weighted by Crippen LogP contribution is -2.38. The molecule has 0 unspecified atom stereocenters. The molecule has 1 aliphatic heterocycles. The third-order valence-electron chi connectivity index (χ3n) is 3.94. The highest BCUT2D eigenvalue weighted by atomic mass is 16.2. The van der Waals surface area contributed by atoms with Crippen molar-refractivity contribution in [2.24, 2.45) is 0 Å². The molecule has 0 bridgehead atoms. The fraction of sp³-hybridized carbons (Fsp3) is 0.562. The average molecular weight is 275 g/mol. The lowest BCUT2D eigenvalue weighted by atomic mass is 10.0. The zero-order valence-electron chi connectivity index (χ0n) is 12.7. The maximum atomic E-state index is 11.8. The van der Waals surface area contributed by atoms with Crippen LogP contribution in [0.2, 0.25) is 0 Å². The summed E-state index contributed by atoms with van der Waals surface area (Å²) < 4.78 is 0. The van der Waals surface area contributed by atoms with Crippen LogP contribution in [0.25, 0.3) is 0 Å². The Morgan fingerprint density at radius 2 is 1.85 bits per heavy atom.